The van der Waals surface area contributed by atoms with E-state index >= 15 is 0 Å². The zero-order valence-electron chi connectivity index (χ0n) is 12.2. The highest BCUT2D eigenvalue weighted by Gasteiger charge is 2.10. The van der Waals surface area contributed by atoms with Gasteiger partial charge in [-0.25, -0.2) is 0 Å². The van der Waals surface area contributed by atoms with E-state index in [0.717, 1.165) is 6.42 Å². The van der Waals surface area contributed by atoms with Crippen LogP contribution >= 0.6 is 0 Å². The number of hydrogen-bond donors (Lipinski definition) is 0. The van der Waals surface area contributed by atoms with Crippen LogP contribution in [0.5, 0.6) is 0 Å². The SMILES string of the molecule is CCCCCC=NC(c1ccccc1)c1ccccc1. The van der Waals surface area contributed by atoms with Crippen LogP contribution in [0.4, 0.5) is 0 Å². The van der Waals surface area contributed by atoms with Gasteiger partial charge < -0.3 is 0 Å². The van der Waals surface area contributed by atoms with E-state index in [4.69, 9.17) is 4.99 Å². The summed E-state index contributed by atoms with van der Waals surface area (Å²) in [5.74, 6) is 0. The minimum atomic E-state index is 0.124. The molecule has 2 aromatic carbocycles. The zero-order chi connectivity index (χ0) is 14.0. The molecule has 104 valence electrons. The van der Waals surface area contributed by atoms with Gasteiger partial charge in [0, 0.05) is 0 Å². The second-order valence-electron chi connectivity index (χ2n) is 5.05. The maximum Gasteiger partial charge on any atom is 0.0995 e. The van der Waals surface area contributed by atoms with Gasteiger partial charge in [-0.05, 0) is 30.2 Å². The summed E-state index contributed by atoms with van der Waals surface area (Å²) in [5.41, 5.74) is 2.51. The van der Waals surface area contributed by atoms with E-state index in [-0.39, 0.29) is 6.04 Å². The predicted molar refractivity (Wildman–Crippen MR) is 87.4 cm³/mol. The molecule has 2 aromatic rings. The lowest BCUT2D eigenvalue weighted by molar-refractivity contribution is 0.742. The van der Waals surface area contributed by atoms with Crippen LogP contribution in [0.1, 0.15) is 49.8 Å². The lowest BCUT2D eigenvalue weighted by Gasteiger charge is -2.13. The van der Waals surface area contributed by atoms with Crippen LogP contribution in [0, 0.1) is 0 Å². The standard InChI is InChI=1S/C19H23N/c1-2-3-4-11-16-20-19(17-12-7-5-8-13-17)18-14-9-6-10-15-18/h5-10,12-16,19H,2-4,11H2,1H3. The van der Waals surface area contributed by atoms with Gasteiger partial charge in [0.15, 0.2) is 0 Å². The number of nitrogens with zero attached hydrogens (tertiary/aromatic N) is 1. The molecule has 0 saturated heterocycles. The Morgan fingerprint density at radius 2 is 1.40 bits per heavy atom. The quantitative estimate of drug-likeness (QED) is 0.468. The van der Waals surface area contributed by atoms with Crippen molar-refractivity contribution in [2.45, 2.75) is 38.6 Å². The minimum absolute atomic E-state index is 0.124. The summed E-state index contributed by atoms with van der Waals surface area (Å²) in [6.07, 6.45) is 6.95. The first-order valence-electron chi connectivity index (χ1n) is 7.53. The second-order valence-corrected chi connectivity index (χ2v) is 5.05. The molecule has 0 aromatic heterocycles. The molecule has 0 aliphatic heterocycles. The first-order chi connectivity index (χ1) is 9.92. The number of unbranched alkanes of at least 4 members (excludes halogenated alkanes) is 3. The maximum absolute atomic E-state index is 4.81. The Morgan fingerprint density at radius 1 is 0.850 bits per heavy atom. The summed E-state index contributed by atoms with van der Waals surface area (Å²) in [6, 6.07) is 21.2. The largest absolute Gasteiger partial charge is 0.285 e. The van der Waals surface area contributed by atoms with Crippen molar-refractivity contribution in [3.8, 4) is 0 Å². The Bertz CT molecular complexity index is 462. The van der Waals surface area contributed by atoms with Crippen LogP contribution in [0.15, 0.2) is 65.7 Å². The number of rotatable bonds is 7. The highest BCUT2D eigenvalue weighted by Crippen LogP contribution is 2.25. The van der Waals surface area contributed by atoms with Crippen molar-refractivity contribution >= 4 is 6.21 Å². The second kappa shape index (κ2) is 8.31. The molecule has 0 aliphatic rings. The fourth-order valence-electron chi connectivity index (χ4n) is 2.30. The molecule has 0 bridgehead atoms. The van der Waals surface area contributed by atoms with Crippen LogP contribution in [-0.2, 0) is 0 Å². The van der Waals surface area contributed by atoms with Crippen molar-refractivity contribution < 1.29 is 0 Å². The van der Waals surface area contributed by atoms with Gasteiger partial charge in [-0.3, -0.25) is 4.99 Å². The van der Waals surface area contributed by atoms with Gasteiger partial charge in [0.05, 0.1) is 6.04 Å². The Labute approximate surface area is 122 Å². The number of benzene rings is 2. The third-order valence-electron chi connectivity index (χ3n) is 3.42. The Morgan fingerprint density at radius 3 is 1.90 bits per heavy atom. The van der Waals surface area contributed by atoms with Crippen molar-refractivity contribution in [1.82, 2.24) is 0 Å². The van der Waals surface area contributed by atoms with Crippen molar-refractivity contribution in [2.75, 3.05) is 0 Å². The van der Waals surface area contributed by atoms with Gasteiger partial charge in [-0.2, -0.15) is 0 Å². The van der Waals surface area contributed by atoms with E-state index in [1.54, 1.807) is 0 Å². The summed E-state index contributed by atoms with van der Waals surface area (Å²) < 4.78 is 0. The van der Waals surface area contributed by atoms with E-state index in [2.05, 4.69) is 73.8 Å². The molecular formula is C19H23N. The first-order valence-corrected chi connectivity index (χ1v) is 7.53. The van der Waals surface area contributed by atoms with Crippen molar-refractivity contribution in [1.29, 1.82) is 0 Å². The van der Waals surface area contributed by atoms with Crippen molar-refractivity contribution in [3.63, 3.8) is 0 Å². The topological polar surface area (TPSA) is 12.4 Å². The highest BCUT2D eigenvalue weighted by molar-refractivity contribution is 5.58. The van der Waals surface area contributed by atoms with E-state index in [0.29, 0.717) is 0 Å². The normalized spacial score (nSPS) is 11.3. The summed E-state index contributed by atoms with van der Waals surface area (Å²) >= 11 is 0. The van der Waals surface area contributed by atoms with Gasteiger partial charge in [-0.1, -0.05) is 80.4 Å². The average Bonchev–Trinajstić information content (AvgIpc) is 2.53. The molecule has 2 rings (SSSR count). The molecule has 0 N–H and O–H groups in total. The Hall–Kier alpha value is -1.89. The summed E-state index contributed by atoms with van der Waals surface area (Å²) in [6.45, 7) is 2.23. The molecular weight excluding hydrogens is 242 g/mol. The van der Waals surface area contributed by atoms with Gasteiger partial charge in [0.2, 0.25) is 0 Å². The molecule has 0 amide bonds. The molecule has 0 spiro atoms. The predicted octanol–water partition coefficient (Wildman–Crippen LogP) is 5.43. The van der Waals surface area contributed by atoms with Crippen molar-refractivity contribution in [3.05, 3.63) is 71.8 Å². The van der Waals surface area contributed by atoms with E-state index in [1.807, 2.05) is 0 Å². The number of hydrogen-bond acceptors (Lipinski definition) is 1. The lowest BCUT2D eigenvalue weighted by Crippen LogP contribution is -1.98. The fourth-order valence-corrected chi connectivity index (χ4v) is 2.30. The third-order valence-corrected chi connectivity index (χ3v) is 3.42. The minimum Gasteiger partial charge on any atom is -0.285 e. The number of aliphatic imine (C=N–C) groups is 1. The smallest absolute Gasteiger partial charge is 0.0995 e. The molecule has 1 heteroatoms. The molecule has 0 aliphatic carbocycles. The van der Waals surface area contributed by atoms with Crippen LogP contribution in [-0.4, -0.2) is 6.21 Å². The molecule has 0 unspecified atom stereocenters. The van der Waals surface area contributed by atoms with Crippen LogP contribution in [0.25, 0.3) is 0 Å². The molecule has 0 heterocycles. The van der Waals surface area contributed by atoms with Crippen molar-refractivity contribution in [2.24, 2.45) is 4.99 Å². The molecule has 0 saturated carbocycles. The fraction of sp³-hybridized carbons (Fsp3) is 0.316. The summed E-state index contributed by atoms with van der Waals surface area (Å²) in [7, 11) is 0. The van der Waals surface area contributed by atoms with E-state index in [9.17, 15) is 0 Å². The van der Waals surface area contributed by atoms with E-state index in [1.165, 1.54) is 30.4 Å². The Kier molecular flexibility index (Phi) is 6.04. The van der Waals surface area contributed by atoms with Crippen LogP contribution < -0.4 is 0 Å². The van der Waals surface area contributed by atoms with Crippen LogP contribution in [0.3, 0.4) is 0 Å². The highest BCUT2D eigenvalue weighted by atomic mass is 14.8. The summed E-state index contributed by atoms with van der Waals surface area (Å²) in [5, 5.41) is 0. The molecule has 1 nitrogen and oxygen atoms in total. The first kappa shape index (κ1) is 14.5. The van der Waals surface area contributed by atoms with Gasteiger partial charge in [-0.15, -0.1) is 0 Å². The lowest BCUT2D eigenvalue weighted by atomic mass is 9.99. The average molecular weight is 265 g/mol. The monoisotopic (exact) mass is 265 g/mol. The molecule has 0 fully saturated rings. The maximum atomic E-state index is 4.81. The zero-order valence-corrected chi connectivity index (χ0v) is 12.2. The van der Waals surface area contributed by atoms with Gasteiger partial charge in [0.1, 0.15) is 0 Å². The third kappa shape index (κ3) is 4.34. The summed E-state index contributed by atoms with van der Waals surface area (Å²) in [4.78, 5) is 4.81. The Balaban J connectivity index is 2.13. The van der Waals surface area contributed by atoms with Gasteiger partial charge in [0.25, 0.3) is 0 Å². The molecule has 0 radical (unpaired) electrons. The van der Waals surface area contributed by atoms with Gasteiger partial charge >= 0.3 is 0 Å². The molecule has 0 atom stereocenters. The van der Waals surface area contributed by atoms with Crippen LogP contribution in [0.2, 0.25) is 0 Å². The molecule has 20 heavy (non-hydrogen) atoms. The van der Waals surface area contributed by atoms with E-state index < -0.39 is 0 Å².